The third-order valence-corrected chi connectivity index (χ3v) is 6.14. The molecular weight excluding hydrogens is 494 g/mol. The number of anilines is 1. The molecule has 0 atom stereocenters. The number of sulfonamides is 1. The SMILES string of the molecule is COC(=O)c1c(F)cccc1Oc1ncc(Cl)cc1NS(=O)(=O)c1ccc(Cl)c(Cl)c1. The van der Waals surface area contributed by atoms with Crippen LogP contribution in [0.5, 0.6) is 11.6 Å². The summed E-state index contributed by atoms with van der Waals surface area (Å²) in [5, 5.41) is 0.301. The van der Waals surface area contributed by atoms with E-state index in [0.717, 1.165) is 19.2 Å². The molecule has 0 spiro atoms. The number of carbonyl (C=O) groups excluding carboxylic acids is 1. The van der Waals surface area contributed by atoms with E-state index in [1.54, 1.807) is 0 Å². The zero-order valence-electron chi connectivity index (χ0n) is 15.5. The third-order valence-electron chi connectivity index (χ3n) is 3.83. The molecule has 31 heavy (non-hydrogen) atoms. The maximum atomic E-state index is 14.2. The maximum absolute atomic E-state index is 14.2. The molecule has 0 fully saturated rings. The van der Waals surface area contributed by atoms with Gasteiger partial charge in [0.1, 0.15) is 22.8 Å². The molecule has 1 aromatic heterocycles. The molecule has 12 heteroatoms. The molecule has 0 aliphatic carbocycles. The molecule has 0 aliphatic heterocycles. The molecule has 0 bridgehead atoms. The van der Waals surface area contributed by atoms with Crippen molar-refractivity contribution in [2.75, 3.05) is 11.8 Å². The zero-order chi connectivity index (χ0) is 22.8. The van der Waals surface area contributed by atoms with Crippen molar-refractivity contribution in [2.45, 2.75) is 4.90 Å². The molecule has 0 saturated carbocycles. The maximum Gasteiger partial charge on any atom is 0.344 e. The summed E-state index contributed by atoms with van der Waals surface area (Å²) in [6.45, 7) is 0. The van der Waals surface area contributed by atoms with Gasteiger partial charge in [0.2, 0.25) is 5.88 Å². The molecule has 0 unspecified atom stereocenters. The lowest BCUT2D eigenvalue weighted by molar-refractivity contribution is 0.0592. The topological polar surface area (TPSA) is 94.6 Å². The molecule has 162 valence electrons. The fourth-order valence-corrected chi connectivity index (χ4v) is 4.02. The second kappa shape index (κ2) is 9.27. The minimum atomic E-state index is -4.16. The van der Waals surface area contributed by atoms with Crippen LogP contribution in [-0.4, -0.2) is 26.5 Å². The second-order valence-corrected chi connectivity index (χ2v) is 8.83. The largest absolute Gasteiger partial charge is 0.465 e. The van der Waals surface area contributed by atoms with Gasteiger partial charge in [-0.25, -0.2) is 22.6 Å². The highest BCUT2D eigenvalue weighted by Crippen LogP contribution is 2.34. The first-order valence-corrected chi connectivity index (χ1v) is 10.9. The van der Waals surface area contributed by atoms with Crippen molar-refractivity contribution in [1.82, 2.24) is 4.98 Å². The van der Waals surface area contributed by atoms with E-state index in [1.807, 2.05) is 0 Å². The van der Waals surface area contributed by atoms with Crippen molar-refractivity contribution in [3.63, 3.8) is 0 Å². The average molecular weight is 506 g/mol. The van der Waals surface area contributed by atoms with Gasteiger partial charge in [-0.3, -0.25) is 4.72 Å². The predicted molar refractivity (Wildman–Crippen MR) is 114 cm³/mol. The van der Waals surface area contributed by atoms with Gasteiger partial charge in [-0.15, -0.1) is 0 Å². The number of halogens is 4. The molecule has 0 radical (unpaired) electrons. The first kappa shape index (κ1) is 23.1. The van der Waals surface area contributed by atoms with Crippen molar-refractivity contribution in [1.29, 1.82) is 0 Å². The summed E-state index contributed by atoms with van der Waals surface area (Å²) < 4.78 is 52.1. The number of nitrogens with zero attached hydrogens (tertiary/aromatic N) is 1. The van der Waals surface area contributed by atoms with Gasteiger partial charge in [0.25, 0.3) is 10.0 Å². The van der Waals surface area contributed by atoms with Gasteiger partial charge in [0.15, 0.2) is 0 Å². The molecule has 0 amide bonds. The molecule has 3 aromatic rings. The van der Waals surface area contributed by atoms with Gasteiger partial charge in [0.05, 0.1) is 27.1 Å². The number of esters is 1. The van der Waals surface area contributed by atoms with Crippen molar-refractivity contribution >= 4 is 56.5 Å². The highest BCUT2D eigenvalue weighted by molar-refractivity contribution is 7.92. The Kier molecular flexibility index (Phi) is 6.90. The molecule has 0 aliphatic rings. The highest BCUT2D eigenvalue weighted by atomic mass is 35.5. The van der Waals surface area contributed by atoms with Crippen LogP contribution in [0.3, 0.4) is 0 Å². The first-order valence-electron chi connectivity index (χ1n) is 8.30. The van der Waals surface area contributed by atoms with Gasteiger partial charge in [-0.05, 0) is 36.4 Å². The van der Waals surface area contributed by atoms with Crippen LogP contribution in [0.2, 0.25) is 15.1 Å². The Labute approximate surface area is 191 Å². The van der Waals surface area contributed by atoms with Crippen LogP contribution in [0.4, 0.5) is 10.1 Å². The Bertz CT molecular complexity index is 1270. The van der Waals surface area contributed by atoms with Crippen LogP contribution >= 0.6 is 34.8 Å². The summed E-state index contributed by atoms with van der Waals surface area (Å²) >= 11 is 17.7. The van der Waals surface area contributed by atoms with Gasteiger partial charge in [-0.1, -0.05) is 40.9 Å². The van der Waals surface area contributed by atoms with E-state index in [1.165, 1.54) is 36.5 Å². The average Bonchev–Trinajstić information content (AvgIpc) is 2.71. The molecule has 1 N–H and O–H groups in total. The van der Waals surface area contributed by atoms with Crippen LogP contribution in [0.15, 0.2) is 53.6 Å². The van der Waals surface area contributed by atoms with Crippen molar-refractivity contribution < 1.29 is 27.1 Å². The number of nitrogens with one attached hydrogen (secondary N) is 1. The lowest BCUT2D eigenvalue weighted by Gasteiger charge is -2.15. The van der Waals surface area contributed by atoms with Crippen LogP contribution in [-0.2, 0) is 14.8 Å². The lowest BCUT2D eigenvalue weighted by Crippen LogP contribution is -2.14. The van der Waals surface area contributed by atoms with Crippen LogP contribution in [0, 0.1) is 5.82 Å². The lowest BCUT2D eigenvalue weighted by atomic mass is 10.2. The fraction of sp³-hybridized carbons (Fsp3) is 0.0526. The number of methoxy groups -OCH3 is 1. The monoisotopic (exact) mass is 504 g/mol. The first-order chi connectivity index (χ1) is 14.6. The van der Waals surface area contributed by atoms with Gasteiger partial charge < -0.3 is 9.47 Å². The Morgan fingerprint density at radius 3 is 2.52 bits per heavy atom. The van der Waals surface area contributed by atoms with Crippen LogP contribution < -0.4 is 9.46 Å². The second-order valence-electron chi connectivity index (χ2n) is 5.89. The molecular formula is C19H12Cl3FN2O5S. The third kappa shape index (κ3) is 5.19. The van der Waals surface area contributed by atoms with E-state index < -0.39 is 27.4 Å². The van der Waals surface area contributed by atoms with E-state index >= 15 is 0 Å². The summed E-state index contributed by atoms with van der Waals surface area (Å²) in [6, 6.07) is 8.60. The van der Waals surface area contributed by atoms with Crippen LogP contribution in [0.25, 0.3) is 0 Å². The standard InChI is InChI=1S/C19H12Cl3FN2O5S/c1-29-19(26)17-14(23)3-2-4-16(17)30-18-15(7-10(20)9-24-18)25-31(27,28)11-5-6-12(21)13(22)8-11/h2-9,25H,1H3. The van der Waals surface area contributed by atoms with Crippen molar-refractivity contribution in [2.24, 2.45) is 0 Å². The highest BCUT2D eigenvalue weighted by Gasteiger charge is 2.23. The number of ether oxygens (including phenoxy) is 2. The minimum absolute atomic E-state index is 0.0349. The minimum Gasteiger partial charge on any atom is -0.465 e. The summed E-state index contributed by atoms with van der Waals surface area (Å²) in [6.07, 6.45) is 1.19. The summed E-state index contributed by atoms with van der Waals surface area (Å²) in [5.74, 6) is -2.41. The predicted octanol–water partition coefficient (Wildman–Crippen LogP) is 5.56. The number of carbonyl (C=O) groups is 1. The molecule has 2 aromatic carbocycles. The van der Waals surface area contributed by atoms with Crippen molar-refractivity contribution in [3.05, 3.63) is 75.1 Å². The van der Waals surface area contributed by atoms with Gasteiger partial charge >= 0.3 is 5.97 Å². The van der Waals surface area contributed by atoms with E-state index in [4.69, 9.17) is 39.5 Å². The smallest absolute Gasteiger partial charge is 0.344 e. The molecule has 3 rings (SSSR count). The number of benzene rings is 2. The summed E-state index contributed by atoms with van der Waals surface area (Å²) in [4.78, 5) is 15.7. The fourth-order valence-electron chi connectivity index (χ4n) is 2.42. The van der Waals surface area contributed by atoms with Crippen molar-refractivity contribution in [3.8, 4) is 11.6 Å². The Hall–Kier alpha value is -2.59. The Morgan fingerprint density at radius 1 is 1.10 bits per heavy atom. The van der Waals surface area contributed by atoms with Gasteiger partial charge in [-0.2, -0.15) is 0 Å². The number of hydrogen-bond donors (Lipinski definition) is 1. The van der Waals surface area contributed by atoms with E-state index in [2.05, 4.69) is 14.4 Å². The molecule has 0 saturated heterocycles. The number of hydrogen-bond acceptors (Lipinski definition) is 6. The Balaban J connectivity index is 2.02. The number of rotatable bonds is 6. The normalized spacial score (nSPS) is 11.1. The van der Waals surface area contributed by atoms with Gasteiger partial charge in [0, 0.05) is 6.20 Å². The van der Waals surface area contributed by atoms with E-state index in [0.29, 0.717) is 0 Å². The molecule has 7 nitrogen and oxygen atoms in total. The van der Waals surface area contributed by atoms with Crippen LogP contribution in [0.1, 0.15) is 10.4 Å². The summed E-state index contributed by atoms with van der Waals surface area (Å²) in [5.41, 5.74) is -0.654. The van der Waals surface area contributed by atoms with E-state index in [9.17, 15) is 17.6 Å². The summed E-state index contributed by atoms with van der Waals surface area (Å²) in [7, 11) is -3.08. The number of aromatic nitrogens is 1. The quantitative estimate of drug-likeness (QED) is 0.441. The van der Waals surface area contributed by atoms with E-state index in [-0.39, 0.29) is 37.3 Å². The number of pyridine rings is 1. The Morgan fingerprint density at radius 2 is 1.84 bits per heavy atom. The molecule has 1 heterocycles. The zero-order valence-corrected chi connectivity index (χ0v) is 18.6.